The topological polar surface area (TPSA) is 64.8 Å². The van der Waals surface area contributed by atoms with Crippen molar-refractivity contribution in [3.63, 3.8) is 0 Å². The number of hydrogen-bond acceptors (Lipinski definition) is 4. The molecule has 2 heterocycles. The molecule has 0 aromatic heterocycles. The molecule has 2 fully saturated rings. The minimum atomic E-state index is -0.469. The highest BCUT2D eigenvalue weighted by molar-refractivity contribution is 5.94. The Balaban J connectivity index is 1.36. The predicted octanol–water partition coefficient (Wildman–Crippen LogP) is 4.32. The van der Waals surface area contributed by atoms with Gasteiger partial charge in [0.1, 0.15) is 5.75 Å². The monoisotopic (exact) mass is 406 g/mol. The molecule has 1 aliphatic carbocycles. The SMILES string of the molecule is Cc1cc(C(N)=O)cc(C)c1-c1ccc2c(c1)COC1(CCN(C3CCC3)CC1)O2. The molecule has 2 N–H and O–H groups in total. The van der Waals surface area contributed by atoms with Crippen LogP contribution in [-0.2, 0) is 11.3 Å². The lowest BCUT2D eigenvalue weighted by Crippen LogP contribution is -2.54. The Kier molecular flexibility index (Phi) is 4.83. The molecule has 0 bridgehead atoms. The maximum Gasteiger partial charge on any atom is 0.248 e. The number of hydrogen-bond donors (Lipinski definition) is 1. The van der Waals surface area contributed by atoms with Gasteiger partial charge >= 0.3 is 0 Å². The molecule has 0 unspecified atom stereocenters. The summed E-state index contributed by atoms with van der Waals surface area (Å²) in [5.74, 6) is 0.0730. The number of nitrogens with two attached hydrogens (primary N) is 1. The molecule has 0 radical (unpaired) electrons. The first-order valence-electron chi connectivity index (χ1n) is 11.1. The first-order chi connectivity index (χ1) is 14.4. The molecular formula is C25H30N2O3. The lowest BCUT2D eigenvalue weighted by Gasteiger charge is -2.47. The smallest absolute Gasteiger partial charge is 0.248 e. The average Bonchev–Trinajstić information content (AvgIpc) is 2.68. The number of carbonyl (C=O) groups is 1. The molecular weight excluding hydrogens is 376 g/mol. The Labute approximate surface area is 178 Å². The summed E-state index contributed by atoms with van der Waals surface area (Å²) in [5.41, 5.74) is 11.4. The summed E-state index contributed by atoms with van der Waals surface area (Å²) in [6, 6.07) is 10.9. The lowest BCUT2D eigenvalue weighted by molar-refractivity contribution is -0.231. The van der Waals surface area contributed by atoms with Crippen LogP contribution >= 0.6 is 0 Å². The van der Waals surface area contributed by atoms with Crippen LogP contribution in [0.15, 0.2) is 30.3 Å². The van der Waals surface area contributed by atoms with Gasteiger partial charge in [-0.15, -0.1) is 0 Å². The first-order valence-corrected chi connectivity index (χ1v) is 11.1. The number of ether oxygens (including phenoxy) is 2. The van der Waals surface area contributed by atoms with Crippen molar-refractivity contribution >= 4 is 5.91 Å². The number of likely N-dealkylation sites (tertiary alicyclic amines) is 1. The van der Waals surface area contributed by atoms with E-state index in [0.717, 1.165) is 65.5 Å². The fraction of sp³-hybridized carbons (Fsp3) is 0.480. The molecule has 30 heavy (non-hydrogen) atoms. The molecule has 1 amide bonds. The number of carbonyl (C=O) groups excluding carboxylic acids is 1. The molecule has 158 valence electrons. The molecule has 3 aliphatic rings. The van der Waals surface area contributed by atoms with Gasteiger partial charge in [0.15, 0.2) is 0 Å². The van der Waals surface area contributed by atoms with Crippen LogP contribution in [0.4, 0.5) is 0 Å². The van der Waals surface area contributed by atoms with Gasteiger partial charge in [-0.3, -0.25) is 9.69 Å². The number of fused-ring (bicyclic) bond motifs is 1. The van der Waals surface area contributed by atoms with Crippen LogP contribution in [0.1, 0.15) is 59.2 Å². The van der Waals surface area contributed by atoms with E-state index >= 15 is 0 Å². The zero-order chi connectivity index (χ0) is 20.9. The standard InChI is InChI=1S/C25H30N2O3/c1-16-12-19(24(26)28)13-17(2)23(16)18-6-7-22-20(14-18)15-29-25(30-22)8-10-27(11-9-25)21-4-3-5-21/h6-7,12-14,21H,3-5,8-11,15H2,1-2H3,(H2,26,28). The van der Waals surface area contributed by atoms with Crippen LogP contribution in [0, 0.1) is 13.8 Å². The summed E-state index contributed by atoms with van der Waals surface area (Å²) in [6.45, 7) is 6.73. The molecule has 2 aromatic rings. The number of benzene rings is 2. The molecule has 2 aliphatic heterocycles. The second-order valence-electron chi connectivity index (χ2n) is 9.09. The Morgan fingerprint density at radius 2 is 1.80 bits per heavy atom. The van der Waals surface area contributed by atoms with Crippen molar-refractivity contribution in [1.82, 2.24) is 4.90 Å². The van der Waals surface area contributed by atoms with Crippen molar-refractivity contribution in [3.8, 4) is 16.9 Å². The third-order valence-electron chi connectivity index (χ3n) is 7.10. The molecule has 1 saturated heterocycles. The summed E-state index contributed by atoms with van der Waals surface area (Å²) >= 11 is 0. The number of amides is 1. The van der Waals surface area contributed by atoms with Gasteiger partial charge in [0.25, 0.3) is 0 Å². The molecule has 2 aromatic carbocycles. The molecule has 1 spiro atoms. The summed E-state index contributed by atoms with van der Waals surface area (Å²) in [7, 11) is 0. The van der Waals surface area contributed by atoms with E-state index in [-0.39, 0.29) is 0 Å². The van der Waals surface area contributed by atoms with Gasteiger partial charge in [-0.1, -0.05) is 12.5 Å². The third-order valence-corrected chi connectivity index (χ3v) is 7.10. The van der Waals surface area contributed by atoms with Crippen molar-refractivity contribution in [2.75, 3.05) is 13.1 Å². The quantitative estimate of drug-likeness (QED) is 0.824. The molecule has 5 rings (SSSR count). The van der Waals surface area contributed by atoms with Crippen LogP contribution < -0.4 is 10.5 Å². The van der Waals surface area contributed by atoms with Gasteiger partial charge in [0.2, 0.25) is 11.7 Å². The zero-order valence-corrected chi connectivity index (χ0v) is 17.9. The van der Waals surface area contributed by atoms with E-state index in [4.69, 9.17) is 15.2 Å². The van der Waals surface area contributed by atoms with Crippen molar-refractivity contribution in [1.29, 1.82) is 0 Å². The van der Waals surface area contributed by atoms with Crippen molar-refractivity contribution < 1.29 is 14.3 Å². The largest absolute Gasteiger partial charge is 0.462 e. The number of primary amides is 1. The van der Waals surface area contributed by atoms with E-state index in [1.165, 1.54) is 19.3 Å². The zero-order valence-electron chi connectivity index (χ0n) is 17.9. The molecule has 1 saturated carbocycles. The van der Waals surface area contributed by atoms with Crippen LogP contribution in [0.2, 0.25) is 0 Å². The van der Waals surface area contributed by atoms with Gasteiger partial charge in [-0.2, -0.15) is 0 Å². The molecule has 0 atom stereocenters. The molecule has 5 heteroatoms. The summed E-state index contributed by atoms with van der Waals surface area (Å²) in [6.07, 6.45) is 5.92. The normalized spacial score (nSPS) is 21.0. The van der Waals surface area contributed by atoms with E-state index in [9.17, 15) is 4.79 Å². The van der Waals surface area contributed by atoms with Gasteiger partial charge in [-0.25, -0.2) is 0 Å². The van der Waals surface area contributed by atoms with Crippen molar-refractivity contribution in [3.05, 3.63) is 52.6 Å². The van der Waals surface area contributed by atoms with E-state index in [1.54, 1.807) is 0 Å². The number of nitrogens with zero attached hydrogens (tertiary/aromatic N) is 1. The number of aryl methyl sites for hydroxylation is 2. The van der Waals surface area contributed by atoms with E-state index in [2.05, 4.69) is 23.1 Å². The fourth-order valence-corrected chi connectivity index (χ4v) is 5.18. The van der Waals surface area contributed by atoms with E-state index in [1.807, 2.05) is 26.0 Å². The Morgan fingerprint density at radius 1 is 1.10 bits per heavy atom. The Bertz CT molecular complexity index is 965. The van der Waals surface area contributed by atoms with Crippen LogP contribution in [0.3, 0.4) is 0 Å². The molecule has 5 nitrogen and oxygen atoms in total. The number of rotatable bonds is 3. The van der Waals surface area contributed by atoms with Crippen LogP contribution in [0.25, 0.3) is 11.1 Å². The minimum absolute atomic E-state index is 0.395. The van der Waals surface area contributed by atoms with Gasteiger partial charge in [-0.05, 0) is 73.2 Å². The second kappa shape index (κ2) is 7.40. The summed E-state index contributed by atoms with van der Waals surface area (Å²) in [4.78, 5) is 14.2. The highest BCUT2D eigenvalue weighted by Gasteiger charge is 2.42. The van der Waals surface area contributed by atoms with Gasteiger partial charge in [0, 0.05) is 43.1 Å². The van der Waals surface area contributed by atoms with E-state index < -0.39 is 11.7 Å². The Morgan fingerprint density at radius 3 is 2.40 bits per heavy atom. The number of piperidine rings is 1. The van der Waals surface area contributed by atoms with Crippen LogP contribution in [0.5, 0.6) is 5.75 Å². The maximum atomic E-state index is 11.6. The fourth-order valence-electron chi connectivity index (χ4n) is 5.18. The van der Waals surface area contributed by atoms with Crippen LogP contribution in [-0.4, -0.2) is 35.7 Å². The second-order valence-corrected chi connectivity index (χ2v) is 9.09. The van der Waals surface area contributed by atoms with E-state index in [0.29, 0.717) is 12.2 Å². The first kappa shape index (κ1) is 19.6. The minimum Gasteiger partial charge on any atom is -0.462 e. The Hall–Kier alpha value is -2.37. The average molecular weight is 407 g/mol. The van der Waals surface area contributed by atoms with Crippen molar-refractivity contribution in [2.24, 2.45) is 5.73 Å². The third kappa shape index (κ3) is 3.40. The van der Waals surface area contributed by atoms with Gasteiger partial charge < -0.3 is 15.2 Å². The highest BCUT2D eigenvalue weighted by Crippen LogP contribution is 2.41. The summed E-state index contributed by atoms with van der Waals surface area (Å²) in [5, 5.41) is 0. The summed E-state index contributed by atoms with van der Waals surface area (Å²) < 4.78 is 12.7. The van der Waals surface area contributed by atoms with Crippen molar-refractivity contribution in [2.45, 2.75) is 64.4 Å². The predicted molar refractivity (Wildman–Crippen MR) is 116 cm³/mol. The maximum absolute atomic E-state index is 11.6. The van der Waals surface area contributed by atoms with Gasteiger partial charge in [0.05, 0.1) is 6.61 Å². The highest BCUT2D eigenvalue weighted by atomic mass is 16.7. The lowest BCUT2D eigenvalue weighted by atomic mass is 9.89.